The molecule has 3 aromatic rings. The van der Waals surface area contributed by atoms with Gasteiger partial charge in [-0.2, -0.15) is 10.1 Å². The Morgan fingerprint density at radius 1 is 1.20 bits per heavy atom. The van der Waals surface area contributed by atoms with Gasteiger partial charge in [0.2, 0.25) is 5.91 Å². The van der Waals surface area contributed by atoms with Gasteiger partial charge in [0.1, 0.15) is 6.33 Å². The Bertz CT molecular complexity index is 1080. The fourth-order valence-electron chi connectivity index (χ4n) is 3.56. The van der Waals surface area contributed by atoms with Crippen LogP contribution < -0.4 is 5.32 Å². The highest BCUT2D eigenvalue weighted by atomic mass is 16.2. The van der Waals surface area contributed by atoms with Crippen molar-refractivity contribution in [2.45, 2.75) is 52.1 Å². The molecular formula is C22H26N6O2. The van der Waals surface area contributed by atoms with E-state index >= 15 is 0 Å². The maximum atomic E-state index is 12.7. The van der Waals surface area contributed by atoms with E-state index in [9.17, 15) is 9.59 Å². The molecule has 2 heterocycles. The van der Waals surface area contributed by atoms with Crippen molar-refractivity contribution in [1.29, 1.82) is 0 Å². The van der Waals surface area contributed by atoms with Crippen LogP contribution in [0.2, 0.25) is 0 Å². The zero-order chi connectivity index (χ0) is 21.3. The van der Waals surface area contributed by atoms with E-state index in [4.69, 9.17) is 0 Å². The molecule has 0 saturated heterocycles. The number of carbonyl (C=O) groups is 2. The second kappa shape index (κ2) is 8.22. The van der Waals surface area contributed by atoms with Gasteiger partial charge in [-0.25, -0.2) is 9.50 Å². The van der Waals surface area contributed by atoms with Crippen molar-refractivity contribution in [1.82, 2.24) is 29.8 Å². The van der Waals surface area contributed by atoms with Gasteiger partial charge >= 0.3 is 0 Å². The fourth-order valence-corrected chi connectivity index (χ4v) is 3.56. The number of nitrogens with one attached hydrogen (secondary N) is 1. The Morgan fingerprint density at radius 2 is 1.93 bits per heavy atom. The molecule has 1 N–H and O–H groups in total. The highest BCUT2D eigenvalue weighted by Crippen LogP contribution is 2.20. The summed E-state index contributed by atoms with van der Waals surface area (Å²) in [7, 11) is 1.80. The van der Waals surface area contributed by atoms with Gasteiger partial charge in [0.05, 0.1) is 0 Å². The van der Waals surface area contributed by atoms with Crippen LogP contribution in [0.5, 0.6) is 0 Å². The first kappa shape index (κ1) is 20.0. The highest BCUT2D eigenvalue weighted by molar-refractivity contribution is 5.94. The minimum absolute atomic E-state index is 0.0304. The van der Waals surface area contributed by atoms with E-state index in [0.29, 0.717) is 36.8 Å². The summed E-state index contributed by atoms with van der Waals surface area (Å²) >= 11 is 0. The van der Waals surface area contributed by atoms with E-state index in [1.807, 2.05) is 38.1 Å². The van der Waals surface area contributed by atoms with Crippen LogP contribution in [0.15, 0.2) is 30.6 Å². The van der Waals surface area contributed by atoms with Crippen LogP contribution in [0.25, 0.3) is 5.78 Å². The van der Waals surface area contributed by atoms with Gasteiger partial charge in [-0.1, -0.05) is 12.1 Å². The predicted molar refractivity (Wildman–Crippen MR) is 112 cm³/mol. The van der Waals surface area contributed by atoms with Crippen molar-refractivity contribution in [3.05, 3.63) is 58.7 Å². The quantitative estimate of drug-likeness (QED) is 0.650. The molecular weight excluding hydrogens is 380 g/mol. The molecule has 8 heteroatoms. The van der Waals surface area contributed by atoms with Gasteiger partial charge in [0, 0.05) is 43.0 Å². The summed E-state index contributed by atoms with van der Waals surface area (Å²) in [4.78, 5) is 35.1. The van der Waals surface area contributed by atoms with E-state index in [1.165, 1.54) is 6.33 Å². The lowest BCUT2D eigenvalue weighted by molar-refractivity contribution is -0.130. The van der Waals surface area contributed by atoms with Gasteiger partial charge in [0.25, 0.3) is 11.7 Å². The molecule has 30 heavy (non-hydrogen) atoms. The third-order valence-electron chi connectivity index (χ3n) is 5.55. The molecule has 0 bridgehead atoms. The Kier molecular flexibility index (Phi) is 5.48. The van der Waals surface area contributed by atoms with Crippen LogP contribution in [-0.2, 0) is 17.8 Å². The highest BCUT2D eigenvalue weighted by Gasteiger charge is 2.23. The summed E-state index contributed by atoms with van der Waals surface area (Å²) < 4.78 is 1.71. The molecule has 8 nitrogen and oxygen atoms in total. The number of hydrogen-bond acceptors (Lipinski definition) is 5. The molecule has 2 aromatic heterocycles. The van der Waals surface area contributed by atoms with E-state index in [1.54, 1.807) is 16.5 Å². The van der Waals surface area contributed by atoms with Crippen LogP contribution in [0.1, 0.15) is 52.1 Å². The first-order chi connectivity index (χ1) is 14.4. The molecule has 0 unspecified atom stereocenters. The standard InChI is InChI=1S/C22H26N6O2/c1-14-19(15(2)28-22(25-14)23-13-24-28)10-11-20(29)27(3)12-16-4-6-17(7-5-16)21(30)26-18-8-9-18/h4-7,13,18H,8-12H2,1-3H3,(H,26,30). The Labute approximate surface area is 175 Å². The Balaban J connectivity index is 1.34. The van der Waals surface area contributed by atoms with Crippen molar-refractivity contribution in [3.63, 3.8) is 0 Å². The molecule has 0 aliphatic heterocycles. The van der Waals surface area contributed by atoms with Gasteiger partial charge in [-0.05, 0) is 56.4 Å². The predicted octanol–water partition coefficient (Wildman–Crippen LogP) is 2.22. The number of carbonyl (C=O) groups excluding carboxylic acids is 2. The van der Waals surface area contributed by atoms with Crippen LogP contribution in [0.4, 0.5) is 0 Å². The van der Waals surface area contributed by atoms with E-state index in [2.05, 4.69) is 20.4 Å². The minimum atomic E-state index is -0.0304. The molecule has 0 spiro atoms. The maximum Gasteiger partial charge on any atom is 0.252 e. The maximum absolute atomic E-state index is 12.7. The lowest BCUT2D eigenvalue weighted by atomic mass is 10.1. The SMILES string of the molecule is Cc1nc2ncnn2c(C)c1CCC(=O)N(C)Cc1ccc(C(=O)NC2CC2)cc1. The fraction of sp³-hybridized carbons (Fsp3) is 0.409. The summed E-state index contributed by atoms with van der Waals surface area (Å²) in [5, 5.41) is 7.18. The molecule has 2 amide bonds. The van der Waals surface area contributed by atoms with Crippen molar-refractivity contribution in [3.8, 4) is 0 Å². The van der Waals surface area contributed by atoms with Crippen LogP contribution in [-0.4, -0.2) is 49.4 Å². The normalized spacial score (nSPS) is 13.4. The molecule has 156 valence electrons. The average Bonchev–Trinajstić information content (AvgIpc) is 3.41. The molecule has 4 rings (SSSR count). The summed E-state index contributed by atoms with van der Waals surface area (Å²) in [6, 6.07) is 7.78. The zero-order valence-corrected chi connectivity index (χ0v) is 17.6. The lowest BCUT2D eigenvalue weighted by Crippen LogP contribution is -2.27. The van der Waals surface area contributed by atoms with Gasteiger partial charge < -0.3 is 10.2 Å². The minimum Gasteiger partial charge on any atom is -0.349 e. The van der Waals surface area contributed by atoms with Crippen molar-refractivity contribution in [2.24, 2.45) is 0 Å². The van der Waals surface area contributed by atoms with Gasteiger partial charge in [-0.15, -0.1) is 0 Å². The lowest BCUT2D eigenvalue weighted by Gasteiger charge is -2.18. The van der Waals surface area contributed by atoms with E-state index < -0.39 is 0 Å². The second-order valence-electron chi connectivity index (χ2n) is 7.93. The topological polar surface area (TPSA) is 92.5 Å². The number of amides is 2. The molecule has 1 saturated carbocycles. The monoisotopic (exact) mass is 406 g/mol. The molecule has 1 aliphatic rings. The smallest absolute Gasteiger partial charge is 0.252 e. The number of rotatable bonds is 7. The van der Waals surface area contributed by atoms with E-state index in [0.717, 1.165) is 35.4 Å². The summed E-state index contributed by atoms with van der Waals surface area (Å²) in [5.74, 6) is 0.603. The average molecular weight is 406 g/mol. The molecule has 1 fully saturated rings. The largest absolute Gasteiger partial charge is 0.349 e. The first-order valence-corrected chi connectivity index (χ1v) is 10.2. The summed E-state index contributed by atoms with van der Waals surface area (Å²) in [6.07, 6.45) is 4.61. The zero-order valence-electron chi connectivity index (χ0n) is 17.6. The van der Waals surface area contributed by atoms with Crippen molar-refractivity contribution >= 4 is 17.6 Å². The number of nitrogens with zero attached hydrogens (tertiary/aromatic N) is 5. The number of aromatic nitrogens is 4. The van der Waals surface area contributed by atoms with Crippen LogP contribution in [0.3, 0.4) is 0 Å². The van der Waals surface area contributed by atoms with E-state index in [-0.39, 0.29) is 11.8 Å². The molecule has 1 aliphatic carbocycles. The third-order valence-corrected chi connectivity index (χ3v) is 5.55. The number of benzene rings is 1. The Morgan fingerprint density at radius 3 is 2.63 bits per heavy atom. The van der Waals surface area contributed by atoms with Gasteiger partial charge in [-0.3, -0.25) is 9.59 Å². The van der Waals surface area contributed by atoms with Crippen molar-refractivity contribution in [2.75, 3.05) is 7.05 Å². The molecule has 1 aromatic carbocycles. The number of fused-ring (bicyclic) bond motifs is 1. The van der Waals surface area contributed by atoms with Crippen LogP contribution >= 0.6 is 0 Å². The van der Waals surface area contributed by atoms with Gasteiger partial charge in [0.15, 0.2) is 0 Å². The number of hydrogen-bond donors (Lipinski definition) is 1. The second-order valence-corrected chi connectivity index (χ2v) is 7.93. The first-order valence-electron chi connectivity index (χ1n) is 10.2. The van der Waals surface area contributed by atoms with Crippen LogP contribution in [0, 0.1) is 13.8 Å². The third kappa shape index (κ3) is 4.32. The molecule has 0 radical (unpaired) electrons. The Hall–Kier alpha value is -3.29. The molecule has 0 atom stereocenters. The number of aryl methyl sites for hydroxylation is 2. The summed E-state index contributed by atoms with van der Waals surface area (Å²) in [6.45, 7) is 4.41. The van der Waals surface area contributed by atoms with Crippen molar-refractivity contribution < 1.29 is 9.59 Å². The summed E-state index contributed by atoms with van der Waals surface area (Å²) in [5.41, 5.74) is 4.52.